The third-order valence-corrected chi connectivity index (χ3v) is 7.60. The molecule has 0 heterocycles. The van der Waals surface area contributed by atoms with E-state index in [1.54, 1.807) is 0 Å². The topological polar surface area (TPSA) is 60.7 Å². The van der Waals surface area contributed by atoms with E-state index >= 15 is 0 Å². The zero-order valence-electron chi connectivity index (χ0n) is 19.0. The molecule has 33 heavy (non-hydrogen) atoms. The average molecular weight is 483 g/mol. The van der Waals surface area contributed by atoms with E-state index in [4.69, 9.17) is 5.11 Å². The van der Waals surface area contributed by atoms with E-state index in [1.807, 2.05) is 44.9 Å². The second-order valence-electron chi connectivity index (χ2n) is 10.1. The molecule has 9 heteroatoms. The summed E-state index contributed by atoms with van der Waals surface area (Å²) in [6.07, 6.45) is -4.19. The predicted molar refractivity (Wildman–Crippen MR) is 112 cm³/mol. The molecular formula is C24H32F6O3. The third-order valence-electron chi connectivity index (χ3n) is 7.60. The normalized spacial score (nSPS) is 30.9. The quantitative estimate of drug-likeness (QED) is 0.369. The Morgan fingerprint density at radius 2 is 1.55 bits per heavy atom. The molecule has 3 nitrogen and oxygen atoms in total. The highest BCUT2D eigenvalue weighted by molar-refractivity contribution is 5.22. The molecule has 188 valence electrons. The standard InChI is InChI=1S/C24H32F6O3/c1-20(2)17(8-6-7-16-13-18(31)15-19(32)14-16)9-12-21(20,3)10-4-5-11-22(33,23(25,26)27)24(28,29)30/h6-8,17-19,31-33H,4,9-10,12-15H2,1-3H3/b8-6+/t17-,18-,19-,21-/m1/s1. The molecule has 0 aromatic carbocycles. The molecule has 2 rings (SSSR count). The molecule has 2 aliphatic carbocycles. The monoisotopic (exact) mass is 482 g/mol. The van der Waals surface area contributed by atoms with Crippen molar-refractivity contribution in [2.75, 3.05) is 0 Å². The molecule has 0 saturated heterocycles. The lowest BCUT2D eigenvalue weighted by Gasteiger charge is -2.41. The van der Waals surface area contributed by atoms with E-state index in [0.29, 0.717) is 25.7 Å². The molecule has 0 radical (unpaired) electrons. The SMILES string of the molecule is CC1(C)[C@H](/C=C/C=C2C[C@@H](O)C[C@H](O)C2)CC[C@@]1(C)CCC#CC(O)(C(F)(F)F)C(F)(F)F. The maximum Gasteiger partial charge on any atom is 0.438 e. The summed E-state index contributed by atoms with van der Waals surface area (Å²) in [5.41, 5.74) is -4.74. The number of hydrogen-bond acceptors (Lipinski definition) is 3. The molecule has 0 bridgehead atoms. The molecule has 0 spiro atoms. The lowest BCUT2D eigenvalue weighted by atomic mass is 9.63. The van der Waals surface area contributed by atoms with Gasteiger partial charge in [-0.15, -0.1) is 0 Å². The zero-order chi connectivity index (χ0) is 25.3. The number of aliphatic hydroxyl groups is 3. The van der Waals surface area contributed by atoms with Crippen LogP contribution in [-0.2, 0) is 0 Å². The van der Waals surface area contributed by atoms with Gasteiger partial charge in [0, 0.05) is 6.42 Å². The van der Waals surface area contributed by atoms with E-state index < -0.39 is 30.2 Å². The average Bonchev–Trinajstić information content (AvgIpc) is 2.86. The highest BCUT2D eigenvalue weighted by Gasteiger charge is 2.70. The molecular weight excluding hydrogens is 450 g/mol. The van der Waals surface area contributed by atoms with E-state index in [1.165, 1.54) is 0 Å². The number of halogens is 6. The van der Waals surface area contributed by atoms with Crippen LogP contribution in [0.3, 0.4) is 0 Å². The summed E-state index contributed by atoms with van der Waals surface area (Å²) in [5.74, 6) is 3.08. The zero-order valence-corrected chi connectivity index (χ0v) is 19.0. The van der Waals surface area contributed by atoms with Gasteiger partial charge in [0.05, 0.1) is 12.2 Å². The third kappa shape index (κ3) is 5.95. The highest BCUT2D eigenvalue weighted by Crippen LogP contribution is 2.58. The fraction of sp³-hybridized carbons (Fsp3) is 0.750. The lowest BCUT2D eigenvalue weighted by Crippen LogP contribution is -2.55. The molecule has 0 aromatic rings. The molecule has 0 amide bonds. The number of aliphatic hydroxyl groups excluding tert-OH is 2. The lowest BCUT2D eigenvalue weighted by molar-refractivity contribution is -0.343. The van der Waals surface area contributed by atoms with Crippen molar-refractivity contribution >= 4 is 0 Å². The maximum atomic E-state index is 12.8. The minimum absolute atomic E-state index is 0.132. The van der Waals surface area contributed by atoms with Gasteiger partial charge in [-0.25, -0.2) is 0 Å². The summed E-state index contributed by atoms with van der Waals surface area (Å²) in [4.78, 5) is 0. The minimum Gasteiger partial charge on any atom is -0.393 e. The predicted octanol–water partition coefficient (Wildman–Crippen LogP) is 5.46. The summed E-state index contributed by atoms with van der Waals surface area (Å²) < 4.78 is 76.6. The summed E-state index contributed by atoms with van der Waals surface area (Å²) >= 11 is 0. The Morgan fingerprint density at radius 1 is 1.00 bits per heavy atom. The van der Waals surface area contributed by atoms with Crippen molar-refractivity contribution in [3.8, 4) is 11.8 Å². The summed E-state index contributed by atoms with van der Waals surface area (Å²) in [7, 11) is 0. The van der Waals surface area contributed by atoms with Crippen LogP contribution in [0.15, 0.2) is 23.8 Å². The Balaban J connectivity index is 2.06. The van der Waals surface area contributed by atoms with Crippen molar-refractivity contribution in [1.82, 2.24) is 0 Å². The summed E-state index contributed by atoms with van der Waals surface area (Å²) in [6.45, 7) is 5.99. The van der Waals surface area contributed by atoms with Crippen molar-refractivity contribution in [2.24, 2.45) is 16.7 Å². The first-order chi connectivity index (χ1) is 14.9. The van der Waals surface area contributed by atoms with Crippen LogP contribution in [-0.4, -0.2) is 45.5 Å². The molecule has 2 fully saturated rings. The Labute approximate surface area is 190 Å². The molecule has 2 aliphatic rings. The van der Waals surface area contributed by atoms with Crippen LogP contribution >= 0.6 is 0 Å². The van der Waals surface area contributed by atoms with Gasteiger partial charge in [0.25, 0.3) is 0 Å². The molecule has 3 N–H and O–H groups in total. The molecule has 0 aliphatic heterocycles. The van der Waals surface area contributed by atoms with Crippen LogP contribution in [0, 0.1) is 28.6 Å². The second-order valence-corrected chi connectivity index (χ2v) is 10.1. The second kappa shape index (κ2) is 9.63. The van der Waals surface area contributed by atoms with Gasteiger partial charge in [-0.1, -0.05) is 50.5 Å². The molecule has 0 aromatic heterocycles. The minimum atomic E-state index is -5.94. The van der Waals surface area contributed by atoms with Gasteiger partial charge in [0.2, 0.25) is 0 Å². The Hall–Kier alpha value is -1.50. The van der Waals surface area contributed by atoms with Gasteiger partial charge >= 0.3 is 18.0 Å². The van der Waals surface area contributed by atoms with E-state index in [9.17, 15) is 36.6 Å². The summed E-state index contributed by atoms with van der Waals surface area (Å²) in [5, 5.41) is 28.7. The fourth-order valence-electron chi connectivity index (χ4n) is 4.85. The summed E-state index contributed by atoms with van der Waals surface area (Å²) in [6, 6.07) is 0. The largest absolute Gasteiger partial charge is 0.438 e. The number of allylic oxidation sites excluding steroid dienone is 3. The van der Waals surface area contributed by atoms with Crippen molar-refractivity contribution < 1.29 is 41.7 Å². The van der Waals surface area contributed by atoms with E-state index in [2.05, 4.69) is 0 Å². The maximum absolute atomic E-state index is 12.8. The smallest absolute Gasteiger partial charge is 0.393 e. The van der Waals surface area contributed by atoms with Gasteiger partial charge in [-0.05, 0) is 61.2 Å². The van der Waals surface area contributed by atoms with Gasteiger partial charge in [0.1, 0.15) is 0 Å². The van der Waals surface area contributed by atoms with Gasteiger partial charge in [-0.2, -0.15) is 26.3 Å². The van der Waals surface area contributed by atoms with E-state index in [0.717, 1.165) is 24.3 Å². The first-order valence-corrected chi connectivity index (χ1v) is 11.0. The fourth-order valence-corrected chi connectivity index (χ4v) is 4.85. The molecule has 0 unspecified atom stereocenters. The van der Waals surface area contributed by atoms with Crippen molar-refractivity contribution in [1.29, 1.82) is 0 Å². The van der Waals surface area contributed by atoms with Crippen LogP contribution in [0.5, 0.6) is 0 Å². The van der Waals surface area contributed by atoms with Crippen LogP contribution in [0.4, 0.5) is 26.3 Å². The molecule has 2 saturated carbocycles. The van der Waals surface area contributed by atoms with Crippen LogP contribution in [0.2, 0.25) is 0 Å². The highest BCUT2D eigenvalue weighted by atomic mass is 19.4. The van der Waals surface area contributed by atoms with Crippen LogP contribution < -0.4 is 0 Å². The Bertz CT molecular complexity index is 789. The van der Waals surface area contributed by atoms with Crippen LogP contribution in [0.1, 0.15) is 65.7 Å². The number of rotatable bonds is 4. The number of hydrogen-bond donors (Lipinski definition) is 3. The van der Waals surface area contributed by atoms with Gasteiger partial charge in [-0.3, -0.25) is 0 Å². The van der Waals surface area contributed by atoms with Crippen molar-refractivity contribution in [2.45, 2.75) is 95.9 Å². The van der Waals surface area contributed by atoms with E-state index in [-0.39, 0.29) is 23.2 Å². The first kappa shape index (κ1) is 27.7. The van der Waals surface area contributed by atoms with Gasteiger partial charge in [0.15, 0.2) is 0 Å². The first-order valence-electron chi connectivity index (χ1n) is 11.0. The van der Waals surface area contributed by atoms with Crippen molar-refractivity contribution in [3.63, 3.8) is 0 Å². The van der Waals surface area contributed by atoms with Gasteiger partial charge < -0.3 is 15.3 Å². The Kier molecular flexibility index (Phi) is 8.10. The number of alkyl halides is 6. The molecule has 4 atom stereocenters. The van der Waals surface area contributed by atoms with Crippen LogP contribution in [0.25, 0.3) is 0 Å². The van der Waals surface area contributed by atoms with Crippen molar-refractivity contribution in [3.05, 3.63) is 23.8 Å². The Morgan fingerprint density at radius 3 is 2.06 bits per heavy atom.